The standard InChI is InChI=1S/C14H18ClFN4O/c1-9-3-4-10(16)7-11(9)13(19-17)14-12(15)8-18-20(14)5-6-21-2/h3-4,7-8,13,19H,5-6,17H2,1-2H3. The first-order chi connectivity index (χ1) is 10.1. The van der Waals surface area contributed by atoms with E-state index in [4.69, 9.17) is 22.2 Å². The largest absolute Gasteiger partial charge is 0.383 e. The van der Waals surface area contributed by atoms with Gasteiger partial charge in [-0.05, 0) is 30.2 Å². The molecule has 1 aromatic carbocycles. The van der Waals surface area contributed by atoms with Crippen molar-refractivity contribution in [2.24, 2.45) is 5.84 Å². The second kappa shape index (κ2) is 7.00. The predicted molar refractivity (Wildman–Crippen MR) is 79.4 cm³/mol. The average Bonchev–Trinajstić information content (AvgIpc) is 2.83. The maximum absolute atomic E-state index is 13.5. The molecule has 0 saturated carbocycles. The van der Waals surface area contributed by atoms with Crippen molar-refractivity contribution in [3.05, 3.63) is 52.1 Å². The van der Waals surface area contributed by atoms with Crippen LogP contribution in [0.3, 0.4) is 0 Å². The van der Waals surface area contributed by atoms with Crippen LogP contribution in [0.4, 0.5) is 4.39 Å². The van der Waals surface area contributed by atoms with Gasteiger partial charge in [0.05, 0.1) is 36.1 Å². The lowest BCUT2D eigenvalue weighted by Crippen LogP contribution is -2.32. The molecule has 0 spiro atoms. The Kier molecular flexibility index (Phi) is 5.30. The van der Waals surface area contributed by atoms with E-state index in [0.29, 0.717) is 23.9 Å². The minimum absolute atomic E-state index is 0.324. The van der Waals surface area contributed by atoms with E-state index in [1.165, 1.54) is 12.1 Å². The number of hydrogen-bond donors (Lipinski definition) is 2. The monoisotopic (exact) mass is 312 g/mol. The van der Waals surface area contributed by atoms with Crippen LogP contribution in [0.1, 0.15) is 22.9 Å². The van der Waals surface area contributed by atoms with E-state index in [9.17, 15) is 4.39 Å². The van der Waals surface area contributed by atoms with Gasteiger partial charge < -0.3 is 4.74 Å². The fourth-order valence-electron chi connectivity index (χ4n) is 2.25. The molecule has 0 aliphatic heterocycles. The molecular weight excluding hydrogens is 295 g/mol. The van der Waals surface area contributed by atoms with Crippen LogP contribution in [-0.2, 0) is 11.3 Å². The van der Waals surface area contributed by atoms with Crippen molar-refractivity contribution < 1.29 is 9.13 Å². The number of halogens is 2. The summed E-state index contributed by atoms with van der Waals surface area (Å²) < 4.78 is 20.3. The van der Waals surface area contributed by atoms with Crippen LogP contribution in [0.15, 0.2) is 24.4 Å². The molecule has 0 aliphatic rings. The molecule has 7 heteroatoms. The van der Waals surface area contributed by atoms with Crippen molar-refractivity contribution in [2.45, 2.75) is 19.5 Å². The van der Waals surface area contributed by atoms with Crippen LogP contribution >= 0.6 is 11.6 Å². The van der Waals surface area contributed by atoms with Gasteiger partial charge in [0.15, 0.2) is 0 Å². The molecule has 2 aromatic rings. The average molecular weight is 313 g/mol. The van der Waals surface area contributed by atoms with E-state index >= 15 is 0 Å². The molecule has 0 aliphatic carbocycles. The number of aromatic nitrogens is 2. The zero-order valence-corrected chi connectivity index (χ0v) is 12.7. The van der Waals surface area contributed by atoms with Crippen LogP contribution in [-0.4, -0.2) is 23.5 Å². The number of nitrogens with one attached hydrogen (secondary N) is 1. The lowest BCUT2D eigenvalue weighted by atomic mass is 9.99. The summed E-state index contributed by atoms with van der Waals surface area (Å²) >= 11 is 6.23. The van der Waals surface area contributed by atoms with Crippen molar-refractivity contribution in [2.75, 3.05) is 13.7 Å². The number of methoxy groups -OCH3 is 1. The lowest BCUT2D eigenvalue weighted by Gasteiger charge is -2.20. The number of aryl methyl sites for hydroxylation is 1. The summed E-state index contributed by atoms with van der Waals surface area (Å²) in [6.07, 6.45) is 1.55. The summed E-state index contributed by atoms with van der Waals surface area (Å²) in [6, 6.07) is 4.12. The van der Waals surface area contributed by atoms with Gasteiger partial charge >= 0.3 is 0 Å². The highest BCUT2D eigenvalue weighted by Gasteiger charge is 2.23. The van der Waals surface area contributed by atoms with E-state index in [-0.39, 0.29) is 5.82 Å². The molecule has 1 unspecified atom stereocenters. The fraction of sp³-hybridized carbons (Fsp3) is 0.357. The molecular formula is C14H18ClFN4O. The maximum atomic E-state index is 13.5. The third-order valence-electron chi connectivity index (χ3n) is 3.33. The quantitative estimate of drug-likeness (QED) is 0.634. The van der Waals surface area contributed by atoms with Gasteiger partial charge in [-0.2, -0.15) is 5.10 Å². The third-order valence-corrected chi connectivity index (χ3v) is 3.62. The molecule has 3 N–H and O–H groups in total. The van der Waals surface area contributed by atoms with Gasteiger partial charge in [0.2, 0.25) is 0 Å². The van der Waals surface area contributed by atoms with Gasteiger partial charge in [-0.1, -0.05) is 17.7 Å². The highest BCUT2D eigenvalue weighted by molar-refractivity contribution is 6.31. The van der Waals surface area contributed by atoms with Gasteiger partial charge in [0.25, 0.3) is 0 Å². The molecule has 1 atom stereocenters. The summed E-state index contributed by atoms with van der Waals surface area (Å²) in [5.41, 5.74) is 5.01. The Balaban J connectivity index is 2.46. The van der Waals surface area contributed by atoms with E-state index in [0.717, 1.165) is 11.1 Å². The molecule has 0 bridgehead atoms. The first kappa shape index (κ1) is 15.9. The Morgan fingerprint density at radius 1 is 1.52 bits per heavy atom. The van der Waals surface area contributed by atoms with Crippen molar-refractivity contribution in [3.63, 3.8) is 0 Å². The van der Waals surface area contributed by atoms with Gasteiger partial charge in [-0.3, -0.25) is 10.5 Å². The summed E-state index contributed by atoms with van der Waals surface area (Å²) in [5.74, 6) is 5.35. The molecule has 0 saturated heterocycles. The van der Waals surface area contributed by atoms with Gasteiger partial charge in [-0.15, -0.1) is 0 Å². The molecule has 2 rings (SSSR count). The van der Waals surface area contributed by atoms with Crippen molar-refractivity contribution in [1.29, 1.82) is 0 Å². The number of hydrazine groups is 1. The van der Waals surface area contributed by atoms with Crippen LogP contribution in [0.5, 0.6) is 0 Å². The molecule has 5 nitrogen and oxygen atoms in total. The lowest BCUT2D eigenvalue weighted by molar-refractivity contribution is 0.182. The van der Waals surface area contributed by atoms with Crippen molar-refractivity contribution in [1.82, 2.24) is 15.2 Å². The number of ether oxygens (including phenoxy) is 1. The smallest absolute Gasteiger partial charge is 0.123 e. The van der Waals surface area contributed by atoms with Crippen LogP contribution in [0.2, 0.25) is 5.02 Å². The minimum atomic E-state index is -0.451. The summed E-state index contributed by atoms with van der Waals surface area (Å²) in [5, 5.41) is 4.69. The summed E-state index contributed by atoms with van der Waals surface area (Å²) in [7, 11) is 1.61. The van der Waals surface area contributed by atoms with E-state index < -0.39 is 6.04 Å². The number of rotatable bonds is 6. The Bertz CT molecular complexity index is 617. The molecule has 0 amide bonds. The maximum Gasteiger partial charge on any atom is 0.123 e. The number of benzene rings is 1. The van der Waals surface area contributed by atoms with Crippen molar-refractivity contribution in [3.8, 4) is 0 Å². The van der Waals surface area contributed by atoms with E-state index in [1.54, 1.807) is 24.1 Å². The van der Waals surface area contributed by atoms with Gasteiger partial charge in [-0.25, -0.2) is 9.82 Å². The second-order valence-electron chi connectivity index (χ2n) is 4.69. The first-order valence-electron chi connectivity index (χ1n) is 6.50. The Morgan fingerprint density at radius 2 is 2.29 bits per heavy atom. The second-order valence-corrected chi connectivity index (χ2v) is 5.10. The summed E-state index contributed by atoms with van der Waals surface area (Å²) in [6.45, 7) is 2.92. The Morgan fingerprint density at radius 3 is 2.95 bits per heavy atom. The molecule has 0 fully saturated rings. The van der Waals surface area contributed by atoms with E-state index in [2.05, 4.69) is 10.5 Å². The first-order valence-corrected chi connectivity index (χ1v) is 6.88. The Hall–Kier alpha value is -1.47. The molecule has 1 heterocycles. The van der Waals surface area contributed by atoms with Crippen LogP contribution in [0.25, 0.3) is 0 Å². The highest BCUT2D eigenvalue weighted by atomic mass is 35.5. The van der Waals surface area contributed by atoms with E-state index in [1.807, 2.05) is 6.92 Å². The zero-order chi connectivity index (χ0) is 15.4. The molecule has 0 radical (unpaired) electrons. The predicted octanol–water partition coefficient (Wildman–Crippen LogP) is 2.18. The molecule has 114 valence electrons. The topological polar surface area (TPSA) is 65.1 Å². The summed E-state index contributed by atoms with van der Waals surface area (Å²) in [4.78, 5) is 0. The number of nitrogens with two attached hydrogens (primary N) is 1. The third kappa shape index (κ3) is 3.41. The number of nitrogens with zero attached hydrogens (tertiary/aromatic N) is 2. The van der Waals surface area contributed by atoms with Crippen LogP contribution < -0.4 is 11.3 Å². The molecule has 1 aromatic heterocycles. The van der Waals surface area contributed by atoms with Gasteiger partial charge in [0.1, 0.15) is 5.82 Å². The SMILES string of the molecule is COCCn1ncc(Cl)c1C(NN)c1cc(F)ccc1C. The van der Waals surface area contributed by atoms with Crippen molar-refractivity contribution >= 4 is 11.6 Å². The van der Waals surface area contributed by atoms with Gasteiger partial charge in [0, 0.05) is 7.11 Å². The zero-order valence-electron chi connectivity index (χ0n) is 11.9. The minimum Gasteiger partial charge on any atom is -0.383 e. The molecule has 21 heavy (non-hydrogen) atoms. The normalized spacial score (nSPS) is 12.6. The van der Waals surface area contributed by atoms with Crippen LogP contribution in [0, 0.1) is 12.7 Å². The highest BCUT2D eigenvalue weighted by Crippen LogP contribution is 2.30. The number of hydrogen-bond acceptors (Lipinski definition) is 4. The fourth-order valence-corrected chi connectivity index (χ4v) is 2.50. The Labute approximate surface area is 127 Å².